The number of hydrogen-bond donors (Lipinski definition) is 0. The van der Waals surface area contributed by atoms with Crippen molar-refractivity contribution in [2.24, 2.45) is 7.05 Å². The predicted octanol–water partition coefficient (Wildman–Crippen LogP) is 2.73. The first kappa shape index (κ1) is 17.2. The van der Waals surface area contributed by atoms with E-state index in [4.69, 9.17) is 16.3 Å². The number of para-hydroxylation sites is 1. The number of fused-ring (bicyclic) bond motifs is 3. The van der Waals surface area contributed by atoms with Gasteiger partial charge in [-0.3, -0.25) is 13.8 Å². The Morgan fingerprint density at radius 2 is 2.00 bits per heavy atom. The van der Waals surface area contributed by atoms with Crippen LogP contribution in [0.2, 0.25) is 5.02 Å². The lowest BCUT2D eigenvalue weighted by Gasteiger charge is -2.08. The number of hydrogen-bond acceptors (Lipinski definition) is 5. The van der Waals surface area contributed by atoms with Crippen LogP contribution in [0.15, 0.2) is 47.3 Å². The van der Waals surface area contributed by atoms with Crippen LogP contribution in [-0.4, -0.2) is 25.1 Å². The number of nitrogens with zero attached hydrogens (tertiary/aromatic N) is 4. The highest BCUT2D eigenvalue weighted by molar-refractivity contribution is 6.30. The summed E-state index contributed by atoms with van der Waals surface area (Å²) in [5, 5.41) is 8.70. The normalized spacial score (nSPS) is 11.2. The van der Waals surface area contributed by atoms with E-state index in [0.717, 1.165) is 6.07 Å². The molecule has 0 N–H and O–H groups in total. The highest BCUT2D eigenvalue weighted by atomic mass is 35.5. The quantitative estimate of drug-likeness (QED) is 0.506. The van der Waals surface area contributed by atoms with Gasteiger partial charge in [0.15, 0.2) is 12.4 Å². The maximum Gasteiger partial charge on any atom is 0.341 e. The number of carbonyl (C=O) groups is 1. The van der Waals surface area contributed by atoms with Gasteiger partial charge in [0.25, 0.3) is 5.56 Å². The van der Waals surface area contributed by atoms with Gasteiger partial charge >= 0.3 is 5.97 Å². The van der Waals surface area contributed by atoms with Crippen LogP contribution >= 0.6 is 11.6 Å². The van der Waals surface area contributed by atoms with Crippen molar-refractivity contribution in [3.05, 3.63) is 75.0 Å². The molecule has 4 rings (SSSR count). The number of aromatic nitrogens is 4. The van der Waals surface area contributed by atoms with Gasteiger partial charge in [-0.2, -0.15) is 0 Å². The predicted molar refractivity (Wildman–Crippen MR) is 96.3 cm³/mol. The zero-order chi connectivity index (χ0) is 19.1. The van der Waals surface area contributed by atoms with Gasteiger partial charge in [0.05, 0.1) is 16.5 Å². The summed E-state index contributed by atoms with van der Waals surface area (Å²) in [6.45, 7) is -0.256. The van der Waals surface area contributed by atoms with Gasteiger partial charge in [-0.25, -0.2) is 9.18 Å². The fraction of sp³-hybridized carbons (Fsp3) is 0.111. The molecule has 2 heterocycles. The first-order chi connectivity index (χ1) is 13.0. The van der Waals surface area contributed by atoms with Crippen LogP contribution < -0.4 is 5.56 Å². The largest absolute Gasteiger partial charge is 0.454 e. The first-order valence-corrected chi connectivity index (χ1v) is 8.29. The summed E-state index contributed by atoms with van der Waals surface area (Å²) in [6, 6.07) is 10.6. The number of aryl methyl sites for hydroxylation is 1. The Morgan fingerprint density at radius 1 is 1.22 bits per heavy atom. The average molecular weight is 387 g/mol. The van der Waals surface area contributed by atoms with E-state index in [0.29, 0.717) is 22.5 Å². The number of benzene rings is 2. The van der Waals surface area contributed by atoms with Crippen LogP contribution in [0.5, 0.6) is 0 Å². The van der Waals surface area contributed by atoms with Crippen LogP contribution in [0.1, 0.15) is 16.2 Å². The van der Waals surface area contributed by atoms with E-state index in [1.807, 2.05) is 0 Å². The number of esters is 1. The summed E-state index contributed by atoms with van der Waals surface area (Å²) >= 11 is 5.80. The molecule has 136 valence electrons. The zero-order valence-electron chi connectivity index (χ0n) is 14.0. The molecule has 0 aliphatic rings. The molecule has 0 bridgehead atoms. The minimum atomic E-state index is -0.874. The number of carbonyl (C=O) groups excluding carboxylic acids is 1. The molecule has 0 saturated carbocycles. The Morgan fingerprint density at radius 3 is 2.81 bits per heavy atom. The SMILES string of the molecule is Cn1c(=O)c2ccccc2n2c(COC(=O)c3cc(Cl)ccc3F)nnc12. The summed E-state index contributed by atoms with van der Waals surface area (Å²) < 4.78 is 22.0. The van der Waals surface area contributed by atoms with Crippen LogP contribution in [0.4, 0.5) is 4.39 Å². The number of halogens is 2. The third-order valence-electron chi connectivity index (χ3n) is 4.17. The van der Waals surface area contributed by atoms with Crippen LogP contribution in [-0.2, 0) is 18.4 Å². The van der Waals surface area contributed by atoms with Crippen molar-refractivity contribution >= 4 is 34.3 Å². The zero-order valence-corrected chi connectivity index (χ0v) is 14.8. The Bertz CT molecular complexity index is 1260. The second-order valence-corrected chi connectivity index (χ2v) is 6.27. The highest BCUT2D eigenvalue weighted by Gasteiger charge is 2.18. The Balaban J connectivity index is 1.74. The lowest BCUT2D eigenvalue weighted by Crippen LogP contribution is -2.20. The van der Waals surface area contributed by atoms with Gasteiger partial charge in [0.1, 0.15) is 5.82 Å². The Kier molecular flexibility index (Phi) is 4.12. The monoisotopic (exact) mass is 386 g/mol. The molecule has 0 radical (unpaired) electrons. The van der Waals surface area contributed by atoms with E-state index in [-0.39, 0.29) is 22.8 Å². The molecule has 0 fully saturated rings. The smallest absolute Gasteiger partial charge is 0.341 e. The molecule has 9 heteroatoms. The van der Waals surface area contributed by atoms with Gasteiger partial charge in [0.2, 0.25) is 5.78 Å². The van der Waals surface area contributed by atoms with E-state index >= 15 is 0 Å². The van der Waals surface area contributed by atoms with Crippen molar-refractivity contribution in [2.45, 2.75) is 6.61 Å². The van der Waals surface area contributed by atoms with Gasteiger partial charge in [0, 0.05) is 12.1 Å². The molecule has 27 heavy (non-hydrogen) atoms. The number of ether oxygens (including phenoxy) is 1. The Labute approximate surface area is 156 Å². The molecule has 0 unspecified atom stereocenters. The lowest BCUT2D eigenvalue weighted by molar-refractivity contribution is 0.0456. The molecule has 0 aliphatic heterocycles. The Hall–Kier alpha value is -3.26. The molecule has 0 amide bonds. The van der Waals surface area contributed by atoms with Crippen molar-refractivity contribution in [3.63, 3.8) is 0 Å². The molecular formula is C18H12ClFN4O3. The molecular weight excluding hydrogens is 375 g/mol. The molecule has 7 nitrogen and oxygen atoms in total. The summed E-state index contributed by atoms with van der Waals surface area (Å²) in [5.74, 6) is -1.00. The molecule has 4 aromatic rings. The standard InChI is InChI=1S/C18H12ClFN4O3/c1-23-16(25)11-4-2-3-5-14(11)24-15(21-22-18(23)24)9-27-17(26)12-8-10(19)6-7-13(12)20/h2-8H,9H2,1H3. The third-order valence-corrected chi connectivity index (χ3v) is 4.41. The third kappa shape index (κ3) is 2.83. The van der Waals surface area contributed by atoms with Crippen LogP contribution in [0.25, 0.3) is 16.7 Å². The lowest BCUT2D eigenvalue weighted by atomic mass is 10.2. The topological polar surface area (TPSA) is 78.5 Å². The minimum Gasteiger partial charge on any atom is -0.454 e. The summed E-state index contributed by atoms with van der Waals surface area (Å²) in [6.07, 6.45) is 0. The van der Waals surface area contributed by atoms with Crippen LogP contribution in [0, 0.1) is 5.82 Å². The van der Waals surface area contributed by atoms with E-state index in [9.17, 15) is 14.0 Å². The van der Waals surface area contributed by atoms with Crippen molar-refractivity contribution in [3.8, 4) is 0 Å². The van der Waals surface area contributed by atoms with Crippen molar-refractivity contribution in [1.82, 2.24) is 19.2 Å². The second kappa shape index (κ2) is 6.48. The summed E-state index contributed by atoms with van der Waals surface area (Å²) in [7, 11) is 1.58. The second-order valence-electron chi connectivity index (χ2n) is 5.83. The number of rotatable bonds is 3. The van der Waals surface area contributed by atoms with Gasteiger partial charge < -0.3 is 4.74 Å². The maximum atomic E-state index is 13.8. The molecule has 0 saturated heterocycles. The molecule has 2 aromatic carbocycles. The molecule has 0 aliphatic carbocycles. The highest BCUT2D eigenvalue weighted by Crippen LogP contribution is 2.18. The van der Waals surface area contributed by atoms with E-state index in [1.165, 1.54) is 16.7 Å². The van der Waals surface area contributed by atoms with E-state index in [2.05, 4.69) is 10.2 Å². The van der Waals surface area contributed by atoms with Gasteiger partial charge in [-0.05, 0) is 30.3 Å². The van der Waals surface area contributed by atoms with Gasteiger partial charge in [-0.15, -0.1) is 10.2 Å². The summed E-state index contributed by atoms with van der Waals surface area (Å²) in [4.78, 5) is 24.6. The molecule has 0 spiro atoms. The fourth-order valence-electron chi connectivity index (χ4n) is 2.85. The maximum absolute atomic E-state index is 13.8. The average Bonchev–Trinajstić information content (AvgIpc) is 3.10. The first-order valence-electron chi connectivity index (χ1n) is 7.91. The van der Waals surface area contributed by atoms with E-state index < -0.39 is 11.8 Å². The van der Waals surface area contributed by atoms with Crippen molar-refractivity contribution < 1.29 is 13.9 Å². The fourth-order valence-corrected chi connectivity index (χ4v) is 3.02. The van der Waals surface area contributed by atoms with Crippen molar-refractivity contribution in [1.29, 1.82) is 0 Å². The van der Waals surface area contributed by atoms with Gasteiger partial charge in [-0.1, -0.05) is 23.7 Å². The summed E-state index contributed by atoms with van der Waals surface area (Å²) in [5.41, 5.74) is 0.101. The minimum absolute atomic E-state index is 0.213. The molecule has 2 aromatic heterocycles. The van der Waals surface area contributed by atoms with Crippen molar-refractivity contribution in [2.75, 3.05) is 0 Å². The molecule has 0 atom stereocenters. The van der Waals surface area contributed by atoms with E-state index in [1.54, 1.807) is 35.7 Å². The van der Waals surface area contributed by atoms with Crippen LogP contribution in [0.3, 0.4) is 0 Å².